The second-order valence-electron chi connectivity index (χ2n) is 7.50. The number of benzene rings is 2. The first-order chi connectivity index (χ1) is 16.0. The van der Waals surface area contributed by atoms with Crippen LogP contribution in [0.15, 0.2) is 42.5 Å². The van der Waals surface area contributed by atoms with Crippen molar-refractivity contribution < 1.29 is 19.7 Å². The van der Waals surface area contributed by atoms with E-state index in [4.69, 9.17) is 15.3 Å². The molecule has 1 aliphatic heterocycles. The fraction of sp³-hybridized carbons (Fsp3) is 0.261. The molecule has 0 radical (unpaired) electrons. The predicted octanol–water partition coefficient (Wildman–Crippen LogP) is 3.10. The number of anilines is 3. The Hall–Kier alpha value is -3.63. The van der Waals surface area contributed by atoms with Crippen LogP contribution in [0.1, 0.15) is 27.9 Å². The number of ether oxygens (including phenoxy) is 1. The van der Waals surface area contributed by atoms with Crippen LogP contribution in [0.25, 0.3) is 0 Å². The number of carbonyl (C=O) groups is 1. The highest BCUT2D eigenvalue weighted by Gasteiger charge is 2.26. The van der Waals surface area contributed by atoms with E-state index in [-0.39, 0.29) is 29.8 Å². The van der Waals surface area contributed by atoms with Crippen LogP contribution in [0.2, 0.25) is 0 Å². The van der Waals surface area contributed by atoms with Gasteiger partial charge in [0.25, 0.3) is 5.91 Å². The van der Waals surface area contributed by atoms with Crippen molar-refractivity contribution in [2.75, 3.05) is 37.0 Å². The molecule has 0 spiro atoms. The second-order valence-corrected chi connectivity index (χ2v) is 8.27. The van der Waals surface area contributed by atoms with Gasteiger partial charge in [0.15, 0.2) is 0 Å². The van der Waals surface area contributed by atoms with E-state index in [1.807, 2.05) is 24.3 Å². The minimum absolute atomic E-state index is 0.00790. The molecule has 3 aromatic rings. The molecular weight excluding hydrogens is 442 g/mol. The molecule has 10 heteroatoms. The molecule has 9 nitrogen and oxygen atoms in total. The van der Waals surface area contributed by atoms with Crippen molar-refractivity contribution >= 4 is 39.7 Å². The molecule has 0 bridgehead atoms. The van der Waals surface area contributed by atoms with Crippen LogP contribution in [0.3, 0.4) is 0 Å². The summed E-state index contributed by atoms with van der Waals surface area (Å²) in [5.74, 6) is 0.427. The van der Waals surface area contributed by atoms with Gasteiger partial charge in [-0.15, -0.1) is 0 Å². The average Bonchev–Trinajstić information content (AvgIpc) is 3.41. The number of aliphatic hydroxyl groups is 1. The summed E-state index contributed by atoms with van der Waals surface area (Å²) in [4.78, 5) is 15.0. The molecule has 0 fully saturated rings. The van der Waals surface area contributed by atoms with E-state index in [2.05, 4.69) is 15.0 Å². The number of aromatic nitrogens is 1. The fourth-order valence-electron chi connectivity index (χ4n) is 3.71. The first-order valence-electron chi connectivity index (χ1n) is 10.5. The van der Waals surface area contributed by atoms with Gasteiger partial charge in [-0.3, -0.25) is 10.2 Å². The molecule has 33 heavy (non-hydrogen) atoms. The van der Waals surface area contributed by atoms with Gasteiger partial charge in [-0.2, -0.15) is 4.37 Å². The number of fused-ring (bicyclic) bond motifs is 1. The third-order valence-corrected chi connectivity index (χ3v) is 6.11. The molecule has 1 aliphatic rings. The number of hydrogen-bond acceptors (Lipinski definition) is 8. The summed E-state index contributed by atoms with van der Waals surface area (Å²) in [5.41, 5.74) is 3.38. The Morgan fingerprint density at radius 2 is 2.15 bits per heavy atom. The number of hydrogen-bond donors (Lipinski definition) is 5. The van der Waals surface area contributed by atoms with Crippen LogP contribution in [0, 0.1) is 5.41 Å². The number of aromatic hydroxyl groups is 1. The van der Waals surface area contributed by atoms with Gasteiger partial charge < -0.3 is 30.5 Å². The maximum Gasteiger partial charge on any atom is 0.258 e. The summed E-state index contributed by atoms with van der Waals surface area (Å²) in [6.07, 6.45) is 1.26. The van der Waals surface area contributed by atoms with E-state index >= 15 is 0 Å². The SMILES string of the molecule is COc1ccc2c(c1)CCN2C(=O)c1cccc(Nc2snc(O)c2C(=N)NCCCO)c1. The van der Waals surface area contributed by atoms with E-state index in [0.29, 0.717) is 35.8 Å². The number of nitrogens with zero attached hydrogens (tertiary/aromatic N) is 2. The summed E-state index contributed by atoms with van der Waals surface area (Å²) in [6.45, 7) is 1.01. The van der Waals surface area contributed by atoms with E-state index in [1.165, 1.54) is 0 Å². The molecule has 0 saturated heterocycles. The molecule has 0 aliphatic carbocycles. The van der Waals surface area contributed by atoms with Crippen LogP contribution >= 0.6 is 11.5 Å². The van der Waals surface area contributed by atoms with Gasteiger partial charge >= 0.3 is 0 Å². The molecule has 2 heterocycles. The Morgan fingerprint density at radius 1 is 1.30 bits per heavy atom. The highest BCUT2D eigenvalue weighted by molar-refractivity contribution is 7.11. The van der Waals surface area contributed by atoms with Crippen molar-refractivity contribution in [3.8, 4) is 11.6 Å². The number of amides is 1. The Morgan fingerprint density at radius 3 is 2.94 bits per heavy atom. The minimum Gasteiger partial charge on any atom is -0.497 e. The molecule has 172 valence electrons. The molecule has 0 atom stereocenters. The highest BCUT2D eigenvalue weighted by atomic mass is 32.1. The van der Waals surface area contributed by atoms with Gasteiger partial charge in [0.2, 0.25) is 5.88 Å². The normalized spacial score (nSPS) is 12.4. The zero-order valence-corrected chi connectivity index (χ0v) is 18.9. The van der Waals surface area contributed by atoms with Crippen LogP contribution in [0.4, 0.5) is 16.4 Å². The maximum atomic E-state index is 13.2. The number of rotatable bonds is 8. The molecule has 0 unspecified atom stereocenters. The van der Waals surface area contributed by atoms with E-state index < -0.39 is 0 Å². The number of amidine groups is 1. The summed E-state index contributed by atoms with van der Waals surface area (Å²) >= 11 is 1.02. The molecule has 2 aromatic carbocycles. The van der Waals surface area contributed by atoms with E-state index in [0.717, 1.165) is 35.0 Å². The van der Waals surface area contributed by atoms with Crippen LogP contribution < -0.4 is 20.3 Å². The van der Waals surface area contributed by atoms with Gasteiger partial charge in [-0.1, -0.05) is 6.07 Å². The maximum absolute atomic E-state index is 13.2. The third kappa shape index (κ3) is 4.76. The summed E-state index contributed by atoms with van der Waals surface area (Å²) in [5, 5.41) is 33.7. The topological polar surface area (TPSA) is 131 Å². The second kappa shape index (κ2) is 9.88. The van der Waals surface area contributed by atoms with Crippen molar-refractivity contribution in [2.45, 2.75) is 12.8 Å². The summed E-state index contributed by atoms with van der Waals surface area (Å²) in [6, 6.07) is 12.8. The standard InChI is InChI=1S/C23H25N5O4S/c1-32-17-6-7-18-14(13-17)8-10-28(18)23(31)15-4-2-5-16(12-15)26-22-19(21(30)27-33-22)20(24)25-9-3-11-29/h2,4-7,12-13,26,29H,3,8-11H2,1H3,(H2,24,25)(H,27,30). The lowest BCUT2D eigenvalue weighted by molar-refractivity contribution is 0.0989. The lowest BCUT2D eigenvalue weighted by Gasteiger charge is -2.18. The predicted molar refractivity (Wildman–Crippen MR) is 128 cm³/mol. The monoisotopic (exact) mass is 467 g/mol. The highest BCUT2D eigenvalue weighted by Crippen LogP contribution is 2.34. The van der Waals surface area contributed by atoms with Crippen molar-refractivity contribution in [1.29, 1.82) is 5.41 Å². The molecule has 0 saturated carbocycles. The Kier molecular flexibility index (Phi) is 6.76. The zero-order chi connectivity index (χ0) is 23.4. The van der Waals surface area contributed by atoms with Crippen molar-refractivity contribution in [3.63, 3.8) is 0 Å². The third-order valence-electron chi connectivity index (χ3n) is 5.36. The van der Waals surface area contributed by atoms with E-state index in [1.54, 1.807) is 30.2 Å². The van der Waals surface area contributed by atoms with Gasteiger partial charge in [0, 0.05) is 36.6 Å². The lowest BCUT2D eigenvalue weighted by Crippen LogP contribution is -2.28. The number of carbonyl (C=O) groups excluding carboxylic acids is 1. The zero-order valence-electron chi connectivity index (χ0n) is 18.1. The molecular formula is C23H25N5O4S. The first kappa shape index (κ1) is 22.6. The van der Waals surface area contributed by atoms with Crippen LogP contribution in [-0.2, 0) is 6.42 Å². The quantitative estimate of drug-likeness (QED) is 0.195. The number of aliphatic hydroxyl groups excluding tert-OH is 1. The fourth-order valence-corrected chi connectivity index (χ4v) is 4.42. The Labute approximate surface area is 195 Å². The van der Waals surface area contributed by atoms with Gasteiger partial charge in [-0.05, 0) is 66.3 Å². The van der Waals surface area contributed by atoms with Crippen molar-refractivity contribution in [3.05, 3.63) is 59.2 Å². The largest absolute Gasteiger partial charge is 0.497 e. The average molecular weight is 468 g/mol. The number of nitrogens with one attached hydrogen (secondary N) is 3. The lowest BCUT2D eigenvalue weighted by atomic mass is 10.1. The van der Waals surface area contributed by atoms with Crippen molar-refractivity contribution in [1.82, 2.24) is 9.69 Å². The smallest absolute Gasteiger partial charge is 0.258 e. The van der Waals surface area contributed by atoms with Gasteiger partial charge in [0.1, 0.15) is 22.1 Å². The van der Waals surface area contributed by atoms with Crippen molar-refractivity contribution in [2.24, 2.45) is 0 Å². The number of methoxy groups -OCH3 is 1. The summed E-state index contributed by atoms with van der Waals surface area (Å²) in [7, 11) is 1.62. The van der Waals surface area contributed by atoms with Gasteiger partial charge in [-0.25, -0.2) is 0 Å². The first-order valence-corrected chi connectivity index (χ1v) is 11.3. The van der Waals surface area contributed by atoms with Gasteiger partial charge in [0.05, 0.1) is 7.11 Å². The van der Waals surface area contributed by atoms with Crippen LogP contribution in [0.5, 0.6) is 11.6 Å². The molecule has 1 aromatic heterocycles. The minimum atomic E-state index is -0.250. The van der Waals surface area contributed by atoms with E-state index in [9.17, 15) is 9.90 Å². The summed E-state index contributed by atoms with van der Waals surface area (Å²) < 4.78 is 9.22. The molecule has 4 rings (SSSR count). The Balaban J connectivity index is 1.52. The van der Waals surface area contributed by atoms with Crippen LogP contribution in [-0.4, -0.2) is 53.1 Å². The molecule has 1 amide bonds. The Bertz CT molecular complexity index is 1180. The molecule has 5 N–H and O–H groups in total.